The van der Waals surface area contributed by atoms with Crippen LogP contribution in [0.3, 0.4) is 0 Å². The molecule has 0 radical (unpaired) electrons. The van der Waals surface area contributed by atoms with E-state index in [4.69, 9.17) is 4.74 Å². The van der Waals surface area contributed by atoms with Crippen LogP contribution < -0.4 is 4.74 Å². The van der Waals surface area contributed by atoms with Gasteiger partial charge in [-0.05, 0) is 118 Å². The minimum absolute atomic E-state index is 0.0747. The summed E-state index contributed by atoms with van der Waals surface area (Å²) < 4.78 is 19.7. The largest absolute Gasteiger partial charge is 0.497 e. The maximum Gasteiger partial charge on any atom is 0.130 e. The van der Waals surface area contributed by atoms with E-state index < -0.39 is 0 Å². The van der Waals surface area contributed by atoms with E-state index in [0.29, 0.717) is 11.7 Å². The van der Waals surface area contributed by atoms with Crippen LogP contribution in [0.1, 0.15) is 82.6 Å². The number of hydrogen-bond acceptors (Lipinski definition) is 1. The van der Waals surface area contributed by atoms with Crippen molar-refractivity contribution in [3.63, 3.8) is 0 Å². The lowest BCUT2D eigenvalue weighted by molar-refractivity contribution is 0.0743. The Balaban J connectivity index is 1.32. The number of fused-ring (bicyclic) bond motifs is 1. The molecule has 3 aliphatic rings. The van der Waals surface area contributed by atoms with Crippen LogP contribution in [0.5, 0.6) is 5.75 Å². The highest BCUT2D eigenvalue weighted by Crippen LogP contribution is 2.51. The quantitative estimate of drug-likeness (QED) is 0.488. The Labute approximate surface area is 170 Å². The fourth-order valence-electron chi connectivity index (χ4n) is 6.68. The number of ether oxygens (including phenoxy) is 1. The van der Waals surface area contributed by atoms with E-state index in [9.17, 15) is 4.39 Å². The highest BCUT2D eigenvalue weighted by Gasteiger charge is 2.39. The number of methoxy groups -OCH3 is 1. The lowest BCUT2D eigenvalue weighted by Crippen LogP contribution is -2.34. The lowest BCUT2D eigenvalue weighted by atomic mass is 9.60. The topological polar surface area (TPSA) is 9.23 Å². The summed E-state index contributed by atoms with van der Waals surface area (Å²) in [7, 11) is 1.60. The number of halogens is 1. The minimum Gasteiger partial charge on any atom is -0.497 e. The standard InChI is InChI=1S/C26H37FO/c1-3-4-18-5-7-19(8-6-18)20-9-10-22-16-23(12-11-21(22)15-20)25-14-13-24(28-2)17-26(25)27/h3-4,13-14,17-23H,5-12,15-16H2,1-2H3/b4-3+. The molecule has 0 N–H and O–H groups in total. The first-order chi connectivity index (χ1) is 13.7. The molecule has 1 aromatic rings. The number of rotatable bonds is 4. The van der Waals surface area contributed by atoms with Crippen LogP contribution in [-0.4, -0.2) is 7.11 Å². The van der Waals surface area contributed by atoms with Gasteiger partial charge in [-0.15, -0.1) is 0 Å². The zero-order chi connectivity index (χ0) is 19.5. The van der Waals surface area contributed by atoms with Crippen molar-refractivity contribution >= 4 is 0 Å². The normalized spacial score (nSPS) is 36.2. The SMILES string of the molecule is C/C=C/C1CCC(C2CCC3CC(c4ccc(OC)cc4F)CCC3C2)CC1. The van der Waals surface area contributed by atoms with Gasteiger partial charge in [0.15, 0.2) is 0 Å². The van der Waals surface area contributed by atoms with E-state index in [0.717, 1.165) is 41.6 Å². The van der Waals surface area contributed by atoms with Gasteiger partial charge in [-0.25, -0.2) is 4.39 Å². The van der Waals surface area contributed by atoms with Crippen LogP contribution in [-0.2, 0) is 0 Å². The van der Waals surface area contributed by atoms with Crippen LogP contribution in [0.2, 0.25) is 0 Å². The zero-order valence-corrected chi connectivity index (χ0v) is 17.7. The molecule has 0 spiro atoms. The molecule has 3 aliphatic carbocycles. The molecule has 154 valence electrons. The van der Waals surface area contributed by atoms with Crippen molar-refractivity contribution in [1.82, 2.24) is 0 Å². The van der Waals surface area contributed by atoms with Crippen LogP contribution in [0.25, 0.3) is 0 Å². The Kier molecular flexibility index (Phi) is 6.43. The molecule has 1 aromatic carbocycles. The molecule has 3 saturated carbocycles. The molecule has 4 unspecified atom stereocenters. The molecule has 0 heterocycles. The second-order valence-corrected chi connectivity index (χ2v) is 9.69. The summed E-state index contributed by atoms with van der Waals surface area (Å²) in [4.78, 5) is 0. The molecule has 4 rings (SSSR count). The molecule has 1 nitrogen and oxygen atoms in total. The molecule has 2 heteroatoms. The van der Waals surface area contributed by atoms with E-state index in [1.165, 1.54) is 57.8 Å². The number of hydrogen-bond donors (Lipinski definition) is 0. The Morgan fingerprint density at radius 1 is 0.857 bits per heavy atom. The van der Waals surface area contributed by atoms with Crippen molar-refractivity contribution in [2.75, 3.05) is 7.11 Å². The van der Waals surface area contributed by atoms with Crippen LogP contribution in [0, 0.1) is 35.4 Å². The lowest BCUT2D eigenvalue weighted by Gasteiger charge is -2.45. The van der Waals surface area contributed by atoms with Crippen molar-refractivity contribution in [3.8, 4) is 5.75 Å². The van der Waals surface area contributed by atoms with Gasteiger partial charge in [-0.2, -0.15) is 0 Å². The predicted octanol–water partition coefficient (Wildman–Crippen LogP) is 7.52. The summed E-state index contributed by atoms with van der Waals surface area (Å²) in [5, 5.41) is 0. The van der Waals surface area contributed by atoms with Crippen molar-refractivity contribution in [2.45, 2.75) is 77.0 Å². The minimum atomic E-state index is -0.0747. The van der Waals surface area contributed by atoms with Crippen LogP contribution in [0.15, 0.2) is 30.4 Å². The van der Waals surface area contributed by atoms with Gasteiger partial charge in [-0.3, -0.25) is 0 Å². The number of benzene rings is 1. The predicted molar refractivity (Wildman–Crippen MR) is 114 cm³/mol. The monoisotopic (exact) mass is 384 g/mol. The molecule has 0 aliphatic heterocycles. The smallest absolute Gasteiger partial charge is 0.130 e. The fraction of sp³-hybridized carbons (Fsp3) is 0.692. The van der Waals surface area contributed by atoms with Gasteiger partial charge in [0.1, 0.15) is 11.6 Å². The van der Waals surface area contributed by atoms with E-state index in [1.54, 1.807) is 13.2 Å². The summed E-state index contributed by atoms with van der Waals surface area (Å²) >= 11 is 0. The van der Waals surface area contributed by atoms with Gasteiger partial charge in [-0.1, -0.05) is 18.2 Å². The Morgan fingerprint density at radius 3 is 2.18 bits per heavy atom. The third kappa shape index (κ3) is 4.31. The van der Waals surface area contributed by atoms with Crippen molar-refractivity contribution in [2.24, 2.45) is 29.6 Å². The van der Waals surface area contributed by atoms with Crippen molar-refractivity contribution < 1.29 is 9.13 Å². The average Bonchev–Trinajstić information content (AvgIpc) is 2.73. The van der Waals surface area contributed by atoms with Gasteiger partial charge in [0.05, 0.1) is 7.11 Å². The highest BCUT2D eigenvalue weighted by atomic mass is 19.1. The molecule has 3 fully saturated rings. The molecule has 28 heavy (non-hydrogen) atoms. The second-order valence-electron chi connectivity index (χ2n) is 9.69. The van der Waals surface area contributed by atoms with E-state index in [2.05, 4.69) is 19.1 Å². The van der Waals surface area contributed by atoms with Gasteiger partial charge >= 0.3 is 0 Å². The highest BCUT2D eigenvalue weighted by molar-refractivity contribution is 5.31. The maximum atomic E-state index is 14.6. The first-order valence-corrected chi connectivity index (χ1v) is 11.6. The maximum absolute atomic E-state index is 14.6. The Hall–Kier alpha value is -1.31. The van der Waals surface area contributed by atoms with E-state index in [1.807, 2.05) is 12.1 Å². The van der Waals surface area contributed by atoms with Gasteiger partial charge in [0.25, 0.3) is 0 Å². The van der Waals surface area contributed by atoms with Gasteiger partial charge in [0.2, 0.25) is 0 Å². The van der Waals surface area contributed by atoms with E-state index >= 15 is 0 Å². The summed E-state index contributed by atoms with van der Waals surface area (Å²) in [6, 6.07) is 5.45. The summed E-state index contributed by atoms with van der Waals surface area (Å²) in [5.74, 6) is 5.43. The third-order valence-corrected chi connectivity index (χ3v) is 8.25. The van der Waals surface area contributed by atoms with Gasteiger partial charge < -0.3 is 4.74 Å². The summed E-state index contributed by atoms with van der Waals surface area (Å²) in [5.41, 5.74) is 0.920. The molecular weight excluding hydrogens is 347 g/mol. The van der Waals surface area contributed by atoms with Crippen LogP contribution in [0.4, 0.5) is 4.39 Å². The second kappa shape index (κ2) is 9.01. The number of allylic oxidation sites excluding steroid dienone is 2. The third-order valence-electron chi connectivity index (χ3n) is 8.25. The van der Waals surface area contributed by atoms with Crippen molar-refractivity contribution in [3.05, 3.63) is 41.7 Å². The van der Waals surface area contributed by atoms with Gasteiger partial charge in [0, 0.05) is 6.07 Å². The zero-order valence-electron chi connectivity index (χ0n) is 17.7. The Morgan fingerprint density at radius 2 is 1.50 bits per heavy atom. The Bertz CT molecular complexity index is 673. The average molecular weight is 385 g/mol. The molecule has 4 atom stereocenters. The summed E-state index contributed by atoms with van der Waals surface area (Å²) in [6.45, 7) is 2.15. The van der Waals surface area contributed by atoms with Crippen LogP contribution >= 0.6 is 0 Å². The molecule has 0 bridgehead atoms. The molecular formula is C26H37FO. The van der Waals surface area contributed by atoms with Crippen molar-refractivity contribution in [1.29, 1.82) is 0 Å². The van der Waals surface area contributed by atoms with E-state index in [-0.39, 0.29) is 5.82 Å². The molecule has 0 amide bonds. The first-order valence-electron chi connectivity index (χ1n) is 11.6. The summed E-state index contributed by atoms with van der Waals surface area (Å²) in [6.07, 6.45) is 18.2. The molecule has 0 saturated heterocycles. The molecule has 0 aromatic heterocycles. The fourth-order valence-corrected chi connectivity index (χ4v) is 6.68. The first kappa shape index (κ1) is 20.0.